The van der Waals surface area contributed by atoms with E-state index in [4.69, 9.17) is 0 Å². The SMILES string of the molecule is Cc1cc(C)c(CN2CCCCC2C2CCCN2)c(C)c1. The highest BCUT2D eigenvalue weighted by Gasteiger charge is 2.31. The van der Waals surface area contributed by atoms with Gasteiger partial charge < -0.3 is 5.32 Å². The third-order valence-corrected chi connectivity index (χ3v) is 5.43. The summed E-state index contributed by atoms with van der Waals surface area (Å²) in [6, 6.07) is 6.17. The fraction of sp³-hybridized carbons (Fsp3) is 0.684. The van der Waals surface area contributed by atoms with Gasteiger partial charge in [0.05, 0.1) is 0 Å². The molecule has 116 valence electrons. The van der Waals surface area contributed by atoms with Crippen LogP contribution in [-0.4, -0.2) is 30.1 Å². The fourth-order valence-electron chi connectivity index (χ4n) is 4.37. The van der Waals surface area contributed by atoms with Gasteiger partial charge in [0.2, 0.25) is 0 Å². The summed E-state index contributed by atoms with van der Waals surface area (Å²) in [5.74, 6) is 0. The number of hydrogen-bond acceptors (Lipinski definition) is 2. The first-order valence-corrected chi connectivity index (χ1v) is 8.69. The van der Waals surface area contributed by atoms with Crippen LogP contribution in [0.15, 0.2) is 12.1 Å². The molecule has 2 atom stereocenters. The molecular formula is C19H30N2. The Morgan fingerprint density at radius 2 is 1.81 bits per heavy atom. The summed E-state index contributed by atoms with van der Waals surface area (Å²) in [6.45, 7) is 10.4. The summed E-state index contributed by atoms with van der Waals surface area (Å²) in [5.41, 5.74) is 5.89. The first-order valence-electron chi connectivity index (χ1n) is 8.69. The molecule has 2 fully saturated rings. The molecule has 0 saturated carbocycles. The van der Waals surface area contributed by atoms with E-state index in [1.165, 1.54) is 61.9 Å². The fourth-order valence-corrected chi connectivity index (χ4v) is 4.37. The second-order valence-corrected chi connectivity index (χ2v) is 7.11. The van der Waals surface area contributed by atoms with Crippen LogP contribution in [0.1, 0.15) is 54.4 Å². The Kier molecular flexibility index (Phi) is 4.66. The summed E-state index contributed by atoms with van der Waals surface area (Å²) in [4.78, 5) is 2.76. The molecule has 2 heterocycles. The highest BCUT2D eigenvalue weighted by atomic mass is 15.2. The lowest BCUT2D eigenvalue weighted by Gasteiger charge is -2.40. The number of hydrogen-bond donors (Lipinski definition) is 1. The van der Waals surface area contributed by atoms with Crippen molar-refractivity contribution in [1.29, 1.82) is 0 Å². The van der Waals surface area contributed by atoms with E-state index in [0.29, 0.717) is 0 Å². The number of likely N-dealkylation sites (tertiary alicyclic amines) is 1. The number of nitrogens with one attached hydrogen (secondary N) is 1. The molecule has 0 aliphatic carbocycles. The van der Waals surface area contributed by atoms with Crippen LogP contribution >= 0.6 is 0 Å². The molecule has 2 nitrogen and oxygen atoms in total. The summed E-state index contributed by atoms with van der Waals surface area (Å²) in [6.07, 6.45) is 6.88. The Balaban J connectivity index is 1.78. The number of benzene rings is 1. The van der Waals surface area contributed by atoms with Crippen LogP contribution in [-0.2, 0) is 6.54 Å². The van der Waals surface area contributed by atoms with Gasteiger partial charge in [-0.05, 0) is 76.2 Å². The molecule has 1 aromatic rings. The maximum Gasteiger partial charge on any atom is 0.0252 e. The van der Waals surface area contributed by atoms with Gasteiger partial charge in [0, 0.05) is 18.6 Å². The Hall–Kier alpha value is -0.860. The highest BCUT2D eigenvalue weighted by molar-refractivity contribution is 5.37. The first kappa shape index (κ1) is 15.1. The van der Waals surface area contributed by atoms with Crippen LogP contribution in [0.4, 0.5) is 0 Å². The topological polar surface area (TPSA) is 15.3 Å². The van der Waals surface area contributed by atoms with Gasteiger partial charge >= 0.3 is 0 Å². The third kappa shape index (κ3) is 3.32. The van der Waals surface area contributed by atoms with E-state index >= 15 is 0 Å². The molecule has 2 aliphatic rings. The molecule has 2 heteroatoms. The van der Waals surface area contributed by atoms with E-state index in [-0.39, 0.29) is 0 Å². The monoisotopic (exact) mass is 286 g/mol. The molecule has 1 N–H and O–H groups in total. The first-order chi connectivity index (χ1) is 10.1. The van der Waals surface area contributed by atoms with Crippen molar-refractivity contribution >= 4 is 0 Å². The molecule has 0 spiro atoms. The molecule has 2 aliphatic heterocycles. The number of piperidine rings is 1. The van der Waals surface area contributed by atoms with Crippen LogP contribution in [0, 0.1) is 20.8 Å². The molecule has 3 rings (SSSR count). The van der Waals surface area contributed by atoms with E-state index in [2.05, 4.69) is 43.1 Å². The molecule has 0 amide bonds. The Labute approximate surface area is 129 Å². The third-order valence-electron chi connectivity index (χ3n) is 5.43. The summed E-state index contributed by atoms with van der Waals surface area (Å²) >= 11 is 0. The van der Waals surface area contributed by atoms with Crippen LogP contribution in [0.5, 0.6) is 0 Å². The van der Waals surface area contributed by atoms with Gasteiger partial charge in [-0.2, -0.15) is 0 Å². The minimum Gasteiger partial charge on any atom is -0.312 e. The largest absolute Gasteiger partial charge is 0.312 e. The maximum absolute atomic E-state index is 3.74. The van der Waals surface area contributed by atoms with Gasteiger partial charge in [-0.15, -0.1) is 0 Å². The van der Waals surface area contributed by atoms with Crippen LogP contribution in [0.3, 0.4) is 0 Å². The van der Waals surface area contributed by atoms with Crippen LogP contribution in [0.2, 0.25) is 0 Å². The molecule has 21 heavy (non-hydrogen) atoms. The van der Waals surface area contributed by atoms with E-state index in [9.17, 15) is 0 Å². The average molecular weight is 286 g/mol. The van der Waals surface area contributed by atoms with Crippen molar-refractivity contribution < 1.29 is 0 Å². The van der Waals surface area contributed by atoms with Crippen molar-refractivity contribution in [2.24, 2.45) is 0 Å². The van der Waals surface area contributed by atoms with E-state index in [1.54, 1.807) is 5.56 Å². The quantitative estimate of drug-likeness (QED) is 0.911. The lowest BCUT2D eigenvalue weighted by atomic mass is 9.92. The molecule has 0 radical (unpaired) electrons. The summed E-state index contributed by atoms with van der Waals surface area (Å²) < 4.78 is 0. The predicted octanol–water partition coefficient (Wildman–Crippen LogP) is 3.72. The lowest BCUT2D eigenvalue weighted by Crippen LogP contribution is -2.49. The molecular weight excluding hydrogens is 256 g/mol. The zero-order chi connectivity index (χ0) is 14.8. The minimum absolute atomic E-state index is 0.733. The van der Waals surface area contributed by atoms with Crippen molar-refractivity contribution in [1.82, 2.24) is 10.2 Å². The standard InChI is InChI=1S/C19H30N2/c1-14-11-15(2)17(16(3)12-14)13-21-10-5-4-8-19(21)18-7-6-9-20-18/h11-12,18-20H,4-10,13H2,1-3H3. The lowest BCUT2D eigenvalue weighted by molar-refractivity contribution is 0.112. The molecule has 2 saturated heterocycles. The Bertz CT molecular complexity index is 465. The molecule has 0 bridgehead atoms. The summed E-state index contributed by atoms with van der Waals surface area (Å²) in [5, 5.41) is 3.74. The predicted molar refractivity (Wildman–Crippen MR) is 89.7 cm³/mol. The normalized spacial score (nSPS) is 27.2. The van der Waals surface area contributed by atoms with Gasteiger partial charge in [-0.25, -0.2) is 0 Å². The van der Waals surface area contributed by atoms with Crippen molar-refractivity contribution in [2.75, 3.05) is 13.1 Å². The van der Waals surface area contributed by atoms with Gasteiger partial charge in [0.15, 0.2) is 0 Å². The van der Waals surface area contributed by atoms with Crippen molar-refractivity contribution in [3.63, 3.8) is 0 Å². The second kappa shape index (κ2) is 6.50. The van der Waals surface area contributed by atoms with Crippen molar-refractivity contribution in [3.05, 3.63) is 34.4 Å². The second-order valence-electron chi connectivity index (χ2n) is 7.11. The Morgan fingerprint density at radius 3 is 2.48 bits per heavy atom. The number of aryl methyl sites for hydroxylation is 3. The molecule has 0 aromatic heterocycles. The van der Waals surface area contributed by atoms with Gasteiger partial charge in [0.1, 0.15) is 0 Å². The van der Waals surface area contributed by atoms with Gasteiger partial charge in [0.25, 0.3) is 0 Å². The number of rotatable bonds is 3. The zero-order valence-corrected chi connectivity index (χ0v) is 13.9. The van der Waals surface area contributed by atoms with Gasteiger partial charge in [-0.1, -0.05) is 24.1 Å². The van der Waals surface area contributed by atoms with Crippen molar-refractivity contribution in [3.8, 4) is 0 Å². The highest BCUT2D eigenvalue weighted by Crippen LogP contribution is 2.27. The average Bonchev–Trinajstić information content (AvgIpc) is 2.97. The van der Waals surface area contributed by atoms with E-state index in [0.717, 1.165) is 18.6 Å². The Morgan fingerprint density at radius 1 is 1.05 bits per heavy atom. The smallest absolute Gasteiger partial charge is 0.0252 e. The van der Waals surface area contributed by atoms with E-state index in [1.807, 2.05) is 0 Å². The van der Waals surface area contributed by atoms with E-state index < -0.39 is 0 Å². The molecule has 1 aromatic carbocycles. The van der Waals surface area contributed by atoms with Crippen molar-refractivity contribution in [2.45, 2.75) is 71.5 Å². The zero-order valence-electron chi connectivity index (χ0n) is 13.9. The van der Waals surface area contributed by atoms with Crippen LogP contribution in [0.25, 0.3) is 0 Å². The maximum atomic E-state index is 3.74. The number of nitrogens with zero attached hydrogens (tertiary/aromatic N) is 1. The molecule has 2 unspecified atom stereocenters. The summed E-state index contributed by atoms with van der Waals surface area (Å²) in [7, 11) is 0. The van der Waals surface area contributed by atoms with Crippen LogP contribution < -0.4 is 5.32 Å². The van der Waals surface area contributed by atoms with Gasteiger partial charge in [-0.3, -0.25) is 4.90 Å². The minimum atomic E-state index is 0.733.